The van der Waals surface area contributed by atoms with Gasteiger partial charge in [-0.05, 0) is 18.2 Å². The molecule has 0 aliphatic carbocycles. The summed E-state index contributed by atoms with van der Waals surface area (Å²) in [5.41, 5.74) is -6.19. The largest absolute Gasteiger partial charge is 0.465 e. The van der Waals surface area contributed by atoms with Gasteiger partial charge in [0.15, 0.2) is 23.1 Å². The van der Waals surface area contributed by atoms with Crippen LogP contribution in [0.25, 0.3) is 16.9 Å². The molecule has 0 aliphatic rings. The molecular formula is C20H12F6N2O4. The summed E-state index contributed by atoms with van der Waals surface area (Å²) in [5.74, 6) is -9.20. The first-order chi connectivity index (χ1) is 15.0. The minimum Gasteiger partial charge on any atom is -0.465 e. The Kier molecular flexibility index (Phi) is 5.97. The number of nitrogens with zero attached hydrogens (tertiary/aromatic N) is 2. The summed E-state index contributed by atoms with van der Waals surface area (Å²) in [5, 5.41) is 3.78. The maximum Gasteiger partial charge on any atom is 0.417 e. The molecule has 1 aromatic heterocycles. The zero-order valence-electron chi connectivity index (χ0n) is 16.3. The van der Waals surface area contributed by atoms with E-state index in [0.717, 1.165) is 14.2 Å². The van der Waals surface area contributed by atoms with E-state index in [2.05, 4.69) is 14.6 Å². The number of para-hydroxylation sites is 1. The predicted molar refractivity (Wildman–Crippen MR) is 96.6 cm³/mol. The van der Waals surface area contributed by atoms with E-state index in [0.29, 0.717) is 4.68 Å². The summed E-state index contributed by atoms with van der Waals surface area (Å²) in [6.45, 7) is 0. The minimum absolute atomic E-state index is 0.0702. The second kappa shape index (κ2) is 8.36. The van der Waals surface area contributed by atoms with Gasteiger partial charge in [-0.3, -0.25) is 0 Å². The van der Waals surface area contributed by atoms with Crippen molar-refractivity contribution in [3.05, 3.63) is 70.7 Å². The second-order valence-corrected chi connectivity index (χ2v) is 6.21. The van der Waals surface area contributed by atoms with Gasteiger partial charge in [-0.2, -0.15) is 18.3 Å². The van der Waals surface area contributed by atoms with Crippen molar-refractivity contribution < 1.29 is 45.4 Å². The number of carbonyl (C=O) groups is 2. The summed E-state index contributed by atoms with van der Waals surface area (Å²) < 4.78 is 92.9. The van der Waals surface area contributed by atoms with E-state index in [1.54, 1.807) is 6.07 Å². The molecule has 6 nitrogen and oxygen atoms in total. The van der Waals surface area contributed by atoms with Crippen molar-refractivity contribution in [3.63, 3.8) is 0 Å². The van der Waals surface area contributed by atoms with Gasteiger partial charge in [0.25, 0.3) is 0 Å². The van der Waals surface area contributed by atoms with Crippen LogP contribution in [0.4, 0.5) is 26.3 Å². The number of halogens is 6. The van der Waals surface area contributed by atoms with Crippen LogP contribution in [0.15, 0.2) is 36.4 Å². The van der Waals surface area contributed by atoms with Gasteiger partial charge in [-0.25, -0.2) is 27.4 Å². The van der Waals surface area contributed by atoms with Crippen LogP contribution in [0.2, 0.25) is 0 Å². The van der Waals surface area contributed by atoms with Crippen LogP contribution < -0.4 is 0 Å². The monoisotopic (exact) mass is 458 g/mol. The van der Waals surface area contributed by atoms with Crippen LogP contribution in [-0.4, -0.2) is 35.9 Å². The van der Waals surface area contributed by atoms with Crippen LogP contribution in [0, 0.1) is 17.5 Å². The van der Waals surface area contributed by atoms with Gasteiger partial charge in [0.05, 0.1) is 31.0 Å². The van der Waals surface area contributed by atoms with Crippen LogP contribution in [0.3, 0.4) is 0 Å². The Bertz CT molecular complexity index is 1210. The number of hydrogen-bond acceptors (Lipinski definition) is 5. The van der Waals surface area contributed by atoms with Gasteiger partial charge in [0.1, 0.15) is 11.3 Å². The average Bonchev–Trinajstić information content (AvgIpc) is 3.16. The Labute approximate surface area is 176 Å². The van der Waals surface area contributed by atoms with Gasteiger partial charge in [-0.1, -0.05) is 18.2 Å². The van der Waals surface area contributed by atoms with Crippen molar-refractivity contribution in [2.45, 2.75) is 6.18 Å². The Morgan fingerprint density at radius 3 is 2.06 bits per heavy atom. The number of aromatic nitrogens is 2. The van der Waals surface area contributed by atoms with E-state index in [4.69, 9.17) is 0 Å². The lowest BCUT2D eigenvalue weighted by Gasteiger charge is -2.14. The van der Waals surface area contributed by atoms with E-state index in [9.17, 15) is 35.9 Å². The van der Waals surface area contributed by atoms with Crippen molar-refractivity contribution >= 4 is 11.9 Å². The SMILES string of the molecule is COC(=O)c1c(-c2c(C(F)(F)F)cc(F)c(F)c2F)nn(-c2ccccc2)c1C(=O)OC. The summed E-state index contributed by atoms with van der Waals surface area (Å²) in [6, 6.07) is 7.01. The number of hydrogen-bond donors (Lipinski definition) is 0. The molecule has 32 heavy (non-hydrogen) atoms. The molecule has 0 fully saturated rings. The molecule has 2 aromatic carbocycles. The zero-order chi connectivity index (χ0) is 23.8. The summed E-state index contributed by atoms with van der Waals surface area (Å²) in [4.78, 5) is 24.9. The number of carbonyl (C=O) groups excluding carboxylic acids is 2. The Balaban J connectivity index is 2.54. The fourth-order valence-corrected chi connectivity index (χ4v) is 2.98. The predicted octanol–water partition coefficient (Wildman–Crippen LogP) is 4.55. The van der Waals surface area contributed by atoms with E-state index in [1.165, 1.54) is 24.3 Å². The number of methoxy groups -OCH3 is 2. The molecule has 0 radical (unpaired) electrons. The van der Waals surface area contributed by atoms with Gasteiger partial charge in [-0.15, -0.1) is 0 Å². The lowest BCUT2D eigenvalue weighted by molar-refractivity contribution is -0.137. The van der Waals surface area contributed by atoms with Crippen molar-refractivity contribution in [1.29, 1.82) is 0 Å². The van der Waals surface area contributed by atoms with Crippen LogP contribution >= 0.6 is 0 Å². The van der Waals surface area contributed by atoms with Crippen molar-refractivity contribution in [1.82, 2.24) is 9.78 Å². The van der Waals surface area contributed by atoms with Crippen molar-refractivity contribution in [2.24, 2.45) is 0 Å². The number of esters is 2. The Morgan fingerprint density at radius 1 is 0.938 bits per heavy atom. The molecule has 0 saturated heterocycles. The first-order valence-electron chi connectivity index (χ1n) is 8.63. The third-order valence-corrected chi connectivity index (χ3v) is 4.36. The summed E-state index contributed by atoms with van der Waals surface area (Å²) in [6.07, 6.45) is -5.37. The minimum atomic E-state index is -5.37. The maximum atomic E-state index is 14.7. The van der Waals surface area contributed by atoms with E-state index in [1.807, 2.05) is 0 Å². The number of benzene rings is 2. The van der Waals surface area contributed by atoms with E-state index in [-0.39, 0.29) is 11.8 Å². The Hall–Kier alpha value is -3.83. The van der Waals surface area contributed by atoms with Gasteiger partial charge in [0, 0.05) is 0 Å². The lowest BCUT2D eigenvalue weighted by Crippen LogP contribution is -2.16. The van der Waals surface area contributed by atoms with Crippen molar-refractivity contribution in [2.75, 3.05) is 14.2 Å². The third kappa shape index (κ3) is 3.79. The van der Waals surface area contributed by atoms with Crippen LogP contribution in [0.5, 0.6) is 0 Å². The van der Waals surface area contributed by atoms with Gasteiger partial charge < -0.3 is 9.47 Å². The molecule has 12 heteroatoms. The molecule has 168 valence electrons. The Morgan fingerprint density at radius 2 is 1.53 bits per heavy atom. The standard InChI is InChI=1S/C20H12F6N2O4/c1-31-18(29)13-16(12-10(20(24,25)26)8-11(21)14(22)15(12)23)27-28(17(13)19(30)32-2)9-6-4-3-5-7-9/h3-8H,1-2H3. The van der Waals surface area contributed by atoms with E-state index >= 15 is 0 Å². The van der Waals surface area contributed by atoms with Gasteiger partial charge >= 0.3 is 18.1 Å². The fourth-order valence-electron chi connectivity index (χ4n) is 2.98. The highest BCUT2D eigenvalue weighted by atomic mass is 19.4. The highest BCUT2D eigenvalue weighted by Gasteiger charge is 2.41. The molecular weight excluding hydrogens is 446 g/mol. The normalized spacial score (nSPS) is 11.4. The molecule has 0 N–H and O–H groups in total. The highest BCUT2D eigenvalue weighted by Crippen LogP contribution is 2.42. The molecule has 3 aromatic rings. The molecule has 0 atom stereocenters. The maximum absolute atomic E-state index is 14.7. The molecule has 1 heterocycles. The van der Waals surface area contributed by atoms with Crippen molar-refractivity contribution in [3.8, 4) is 16.9 Å². The number of rotatable bonds is 4. The average molecular weight is 458 g/mol. The first-order valence-corrected chi connectivity index (χ1v) is 8.63. The number of alkyl halides is 3. The van der Waals surface area contributed by atoms with E-state index < -0.39 is 63.6 Å². The summed E-state index contributed by atoms with van der Waals surface area (Å²) in [7, 11) is 1.77. The third-order valence-electron chi connectivity index (χ3n) is 4.36. The van der Waals surface area contributed by atoms with Crippen LogP contribution in [0.1, 0.15) is 26.4 Å². The zero-order valence-corrected chi connectivity index (χ0v) is 16.3. The molecule has 3 rings (SSSR count). The molecule has 0 amide bonds. The smallest absolute Gasteiger partial charge is 0.417 e. The molecule has 0 bridgehead atoms. The van der Waals surface area contributed by atoms with Gasteiger partial charge in [0.2, 0.25) is 0 Å². The molecule has 0 saturated carbocycles. The fraction of sp³-hybridized carbons (Fsp3) is 0.150. The molecule has 0 spiro atoms. The first kappa shape index (κ1) is 22.8. The number of ether oxygens (including phenoxy) is 2. The highest BCUT2D eigenvalue weighted by molar-refractivity contribution is 6.07. The topological polar surface area (TPSA) is 70.4 Å². The summed E-state index contributed by atoms with van der Waals surface area (Å²) >= 11 is 0. The quantitative estimate of drug-likeness (QED) is 0.326. The van der Waals surface area contributed by atoms with Crippen LogP contribution in [-0.2, 0) is 15.7 Å². The second-order valence-electron chi connectivity index (χ2n) is 6.21. The lowest BCUT2D eigenvalue weighted by atomic mass is 9.98. The molecule has 0 aliphatic heterocycles. The molecule has 0 unspecified atom stereocenters.